The van der Waals surface area contributed by atoms with Crippen molar-refractivity contribution in [3.05, 3.63) is 29.6 Å². The Morgan fingerprint density at radius 2 is 2.36 bits per heavy atom. The zero-order valence-electron chi connectivity index (χ0n) is 7.00. The predicted octanol–water partition coefficient (Wildman–Crippen LogP) is 1.58. The topological polar surface area (TPSA) is 22.1 Å². The molecule has 0 fully saturated rings. The van der Waals surface area contributed by atoms with Gasteiger partial charge in [0.2, 0.25) is 0 Å². The molecule has 0 aliphatic rings. The number of pyridine rings is 1. The highest BCUT2D eigenvalue weighted by atomic mass is 16.5. The molecule has 2 heteroatoms. The third-order valence-electron chi connectivity index (χ3n) is 1.56. The van der Waals surface area contributed by atoms with E-state index < -0.39 is 0 Å². The smallest absolute Gasteiger partial charge is 0.0502 e. The molecule has 0 atom stereocenters. The van der Waals surface area contributed by atoms with Gasteiger partial charge in [0.1, 0.15) is 0 Å². The average Bonchev–Trinajstić information content (AvgIpc) is 2.01. The average molecular weight is 151 g/mol. The lowest BCUT2D eigenvalue weighted by Crippen LogP contribution is -1.95. The molecule has 11 heavy (non-hydrogen) atoms. The Hall–Kier alpha value is -0.890. The van der Waals surface area contributed by atoms with E-state index >= 15 is 0 Å². The van der Waals surface area contributed by atoms with Crippen molar-refractivity contribution >= 4 is 0 Å². The fourth-order valence-electron chi connectivity index (χ4n) is 0.980. The van der Waals surface area contributed by atoms with Crippen LogP contribution in [-0.2, 0) is 11.2 Å². The van der Waals surface area contributed by atoms with Crippen LogP contribution in [0.4, 0.5) is 0 Å². The van der Waals surface area contributed by atoms with Crippen LogP contribution in [-0.4, -0.2) is 18.7 Å². The van der Waals surface area contributed by atoms with E-state index in [0.717, 1.165) is 18.7 Å². The molecule has 0 saturated heterocycles. The molecule has 0 bridgehead atoms. The molecule has 2 nitrogen and oxygen atoms in total. The Morgan fingerprint density at radius 1 is 1.55 bits per heavy atom. The summed E-state index contributed by atoms with van der Waals surface area (Å²) in [5.41, 5.74) is 2.36. The molecule has 0 N–H and O–H groups in total. The van der Waals surface area contributed by atoms with Gasteiger partial charge in [0.25, 0.3) is 0 Å². The minimum atomic E-state index is 0.781. The van der Waals surface area contributed by atoms with Gasteiger partial charge in [0.05, 0.1) is 6.61 Å². The van der Waals surface area contributed by atoms with Gasteiger partial charge in [-0.1, -0.05) is 0 Å². The maximum Gasteiger partial charge on any atom is 0.0502 e. The summed E-state index contributed by atoms with van der Waals surface area (Å²) >= 11 is 0. The van der Waals surface area contributed by atoms with Crippen molar-refractivity contribution in [2.75, 3.05) is 13.7 Å². The van der Waals surface area contributed by atoms with Crippen LogP contribution in [0.15, 0.2) is 18.3 Å². The molecule has 1 heterocycles. The first-order valence-electron chi connectivity index (χ1n) is 3.73. The molecule has 1 aromatic rings. The van der Waals surface area contributed by atoms with Gasteiger partial charge in [-0.3, -0.25) is 4.98 Å². The molecule has 0 unspecified atom stereocenters. The number of hydrogen-bond acceptors (Lipinski definition) is 2. The summed E-state index contributed by atoms with van der Waals surface area (Å²) in [6, 6.07) is 4.10. The van der Waals surface area contributed by atoms with E-state index in [9.17, 15) is 0 Å². The second-order valence-corrected chi connectivity index (χ2v) is 2.55. The maximum absolute atomic E-state index is 4.97. The van der Waals surface area contributed by atoms with E-state index in [1.54, 1.807) is 7.11 Å². The van der Waals surface area contributed by atoms with Gasteiger partial charge in [-0.25, -0.2) is 0 Å². The first-order valence-corrected chi connectivity index (χ1v) is 3.73. The fourth-order valence-corrected chi connectivity index (χ4v) is 0.980. The van der Waals surface area contributed by atoms with Gasteiger partial charge >= 0.3 is 0 Å². The lowest BCUT2D eigenvalue weighted by atomic mass is 10.2. The third kappa shape index (κ3) is 2.68. The third-order valence-corrected chi connectivity index (χ3v) is 1.56. The quantitative estimate of drug-likeness (QED) is 0.654. The summed E-state index contributed by atoms with van der Waals surface area (Å²) in [5, 5.41) is 0. The Labute approximate surface area is 67.2 Å². The summed E-state index contributed by atoms with van der Waals surface area (Å²) < 4.78 is 4.97. The van der Waals surface area contributed by atoms with Crippen molar-refractivity contribution in [3.8, 4) is 0 Å². The number of ether oxygens (including phenoxy) is 1. The van der Waals surface area contributed by atoms with Crippen molar-refractivity contribution in [2.45, 2.75) is 13.3 Å². The summed E-state index contributed by atoms with van der Waals surface area (Å²) in [5.74, 6) is 0. The zero-order valence-corrected chi connectivity index (χ0v) is 7.00. The molecule has 0 aliphatic carbocycles. The van der Waals surface area contributed by atoms with Crippen molar-refractivity contribution in [3.63, 3.8) is 0 Å². The molecule has 0 spiro atoms. The highest BCUT2D eigenvalue weighted by molar-refractivity contribution is 5.15. The van der Waals surface area contributed by atoms with E-state index in [4.69, 9.17) is 4.74 Å². The van der Waals surface area contributed by atoms with Gasteiger partial charge in [-0.05, 0) is 31.0 Å². The minimum absolute atomic E-state index is 0.781. The Balaban J connectivity index is 2.56. The monoisotopic (exact) mass is 151 g/mol. The van der Waals surface area contributed by atoms with Crippen LogP contribution in [0.3, 0.4) is 0 Å². The number of rotatable bonds is 3. The Bertz CT molecular complexity index is 223. The van der Waals surface area contributed by atoms with Crippen LogP contribution in [0.2, 0.25) is 0 Å². The van der Waals surface area contributed by atoms with E-state index in [-0.39, 0.29) is 0 Å². The number of nitrogens with zero attached hydrogens (tertiary/aromatic N) is 1. The van der Waals surface area contributed by atoms with Crippen molar-refractivity contribution < 1.29 is 4.74 Å². The minimum Gasteiger partial charge on any atom is -0.384 e. The van der Waals surface area contributed by atoms with Gasteiger partial charge in [-0.2, -0.15) is 0 Å². The highest BCUT2D eigenvalue weighted by Gasteiger charge is 1.91. The van der Waals surface area contributed by atoms with Crippen LogP contribution in [0.25, 0.3) is 0 Å². The lowest BCUT2D eigenvalue weighted by Gasteiger charge is -1.99. The van der Waals surface area contributed by atoms with Crippen molar-refractivity contribution in [1.29, 1.82) is 0 Å². The number of aromatic nitrogens is 1. The molecule has 0 saturated carbocycles. The standard InChI is InChI=1S/C9H13NO/c1-8-7-9(3-5-10-8)4-6-11-2/h3,5,7H,4,6H2,1-2H3. The highest BCUT2D eigenvalue weighted by Crippen LogP contribution is 2.01. The molecule has 0 amide bonds. The summed E-state index contributed by atoms with van der Waals surface area (Å²) in [7, 11) is 1.72. The molecule has 1 rings (SSSR count). The van der Waals surface area contributed by atoms with Gasteiger partial charge < -0.3 is 4.74 Å². The van der Waals surface area contributed by atoms with Gasteiger partial charge in [0, 0.05) is 19.0 Å². The number of aryl methyl sites for hydroxylation is 1. The van der Waals surface area contributed by atoms with E-state index in [1.165, 1.54) is 5.56 Å². The van der Waals surface area contributed by atoms with Gasteiger partial charge in [0.15, 0.2) is 0 Å². The van der Waals surface area contributed by atoms with Crippen LogP contribution < -0.4 is 0 Å². The van der Waals surface area contributed by atoms with Crippen LogP contribution >= 0.6 is 0 Å². The largest absolute Gasteiger partial charge is 0.384 e. The fraction of sp³-hybridized carbons (Fsp3) is 0.444. The van der Waals surface area contributed by atoms with Crippen LogP contribution in [0, 0.1) is 6.92 Å². The SMILES string of the molecule is COCCc1ccnc(C)c1. The molecular formula is C9H13NO. The van der Waals surface area contributed by atoms with Crippen LogP contribution in [0.5, 0.6) is 0 Å². The van der Waals surface area contributed by atoms with Crippen molar-refractivity contribution in [2.24, 2.45) is 0 Å². The normalized spacial score (nSPS) is 10.0. The number of hydrogen-bond donors (Lipinski definition) is 0. The van der Waals surface area contributed by atoms with Crippen LogP contribution in [0.1, 0.15) is 11.3 Å². The molecule has 0 aliphatic heterocycles. The predicted molar refractivity (Wildman–Crippen MR) is 44.6 cm³/mol. The summed E-state index contributed by atoms with van der Waals surface area (Å²) in [6.07, 6.45) is 2.81. The number of methoxy groups -OCH3 is 1. The summed E-state index contributed by atoms with van der Waals surface area (Å²) in [6.45, 7) is 2.78. The van der Waals surface area contributed by atoms with E-state index in [2.05, 4.69) is 11.1 Å². The maximum atomic E-state index is 4.97. The first-order chi connectivity index (χ1) is 5.33. The van der Waals surface area contributed by atoms with E-state index in [1.807, 2.05) is 19.2 Å². The van der Waals surface area contributed by atoms with E-state index in [0.29, 0.717) is 0 Å². The summed E-state index contributed by atoms with van der Waals surface area (Å²) in [4.78, 5) is 4.11. The first kappa shape index (κ1) is 8.21. The second kappa shape index (κ2) is 4.09. The van der Waals surface area contributed by atoms with Crippen molar-refractivity contribution in [1.82, 2.24) is 4.98 Å². The zero-order chi connectivity index (χ0) is 8.10. The Morgan fingerprint density at radius 3 is 3.00 bits per heavy atom. The molecule has 0 aromatic carbocycles. The second-order valence-electron chi connectivity index (χ2n) is 2.55. The van der Waals surface area contributed by atoms with Gasteiger partial charge in [-0.15, -0.1) is 0 Å². The molecule has 1 aromatic heterocycles. The molecule has 60 valence electrons. The molecule has 0 radical (unpaired) electrons. The lowest BCUT2D eigenvalue weighted by molar-refractivity contribution is 0.202. The Kier molecular flexibility index (Phi) is 3.05. The molecular weight excluding hydrogens is 138 g/mol.